The van der Waals surface area contributed by atoms with E-state index in [0.717, 1.165) is 13.0 Å². The highest BCUT2D eigenvalue weighted by molar-refractivity contribution is 14.1. The van der Waals surface area contributed by atoms with Gasteiger partial charge in [0.15, 0.2) is 0 Å². The molecule has 0 fully saturated rings. The minimum Gasteiger partial charge on any atom is -0.448 e. The molecule has 0 aromatic heterocycles. The minimum absolute atomic E-state index is 0.0385. The summed E-state index contributed by atoms with van der Waals surface area (Å²) in [6.07, 6.45) is 4.60. The summed E-state index contributed by atoms with van der Waals surface area (Å²) in [6.45, 7) is 12.1. The molecule has 0 saturated heterocycles. The largest absolute Gasteiger partial charge is 0.448 e. The Morgan fingerprint density at radius 1 is 0.458 bits per heavy atom. The van der Waals surface area contributed by atoms with Crippen molar-refractivity contribution in [3.05, 3.63) is 59.7 Å². The topological polar surface area (TPSA) is 131 Å². The Balaban J connectivity index is 0.945. The molecule has 1 aliphatic carbocycles. The predicted molar refractivity (Wildman–Crippen MR) is 234 cm³/mol. The van der Waals surface area contributed by atoms with E-state index in [2.05, 4.69) is 46.9 Å². The van der Waals surface area contributed by atoms with E-state index in [9.17, 15) is 4.79 Å². The smallest absolute Gasteiger partial charge is 0.409 e. The van der Waals surface area contributed by atoms with Crippen LogP contribution in [-0.4, -0.2) is 181 Å². The van der Waals surface area contributed by atoms with Crippen LogP contribution in [0.2, 0.25) is 0 Å². The van der Waals surface area contributed by atoms with Crippen molar-refractivity contribution < 1.29 is 61.6 Å². The Morgan fingerprint density at radius 3 is 1.15 bits per heavy atom. The van der Waals surface area contributed by atoms with E-state index in [4.69, 9.17) is 56.8 Å². The number of ether oxygens (including phenoxy) is 12. The van der Waals surface area contributed by atoms with Gasteiger partial charge in [0.2, 0.25) is 0 Å². The van der Waals surface area contributed by atoms with Crippen LogP contribution < -0.4 is 0 Å². The lowest BCUT2D eigenvalue weighted by molar-refractivity contribution is -0.0276. The van der Waals surface area contributed by atoms with Gasteiger partial charge >= 0.3 is 6.09 Å². The molecule has 0 aliphatic heterocycles. The molecule has 0 bridgehead atoms. The van der Waals surface area contributed by atoms with Crippen LogP contribution in [0.5, 0.6) is 0 Å². The summed E-state index contributed by atoms with van der Waals surface area (Å²) in [5, 5.41) is 0. The third-order valence-electron chi connectivity index (χ3n) is 9.11. The molecule has 0 spiro atoms. The lowest BCUT2D eigenvalue weighted by Gasteiger charge is -2.19. The first kappa shape index (κ1) is 51.4. The third kappa shape index (κ3) is 24.9. The Bertz CT molecular complexity index is 1250. The molecule has 1 amide bonds. The van der Waals surface area contributed by atoms with Crippen LogP contribution in [0.15, 0.2) is 48.5 Å². The zero-order chi connectivity index (χ0) is 41.7. The molecule has 15 heteroatoms. The number of carbonyl (C=O) groups is 1. The standard InChI is InChI=1S/C44H70INO13/c1-46(44(47)59-38-43-41-12-6-4-10-39(41)40-11-5-7-13-42(40)43)15-17-49-19-21-51-23-25-53-27-29-55-31-33-57-35-37-58-36-34-56-32-30-54-28-26-52-24-22-50-20-18-48-16-9-3-2-8-14-45/h4-7,10-13,43H,2-3,8-9,14-38H2,1H3. The number of likely N-dealkylation sites (N-methyl/N-ethyl adjacent to an activating group) is 1. The fraction of sp³-hybridized carbons (Fsp3) is 0.705. The first-order valence-electron chi connectivity index (χ1n) is 21.2. The van der Waals surface area contributed by atoms with Gasteiger partial charge in [0.05, 0.1) is 139 Å². The van der Waals surface area contributed by atoms with Gasteiger partial charge < -0.3 is 61.7 Å². The van der Waals surface area contributed by atoms with Gasteiger partial charge in [0.1, 0.15) is 6.61 Å². The number of rotatable bonds is 41. The quantitative estimate of drug-likeness (QED) is 0.0437. The first-order chi connectivity index (χ1) is 29.2. The van der Waals surface area contributed by atoms with E-state index in [1.54, 1.807) is 7.05 Å². The highest BCUT2D eigenvalue weighted by Crippen LogP contribution is 2.44. The van der Waals surface area contributed by atoms with Gasteiger partial charge in [-0.05, 0) is 39.5 Å². The van der Waals surface area contributed by atoms with Crippen molar-refractivity contribution in [2.24, 2.45) is 0 Å². The van der Waals surface area contributed by atoms with Crippen LogP contribution in [0.1, 0.15) is 42.7 Å². The third-order valence-corrected chi connectivity index (χ3v) is 9.87. The van der Waals surface area contributed by atoms with Crippen LogP contribution in [0.25, 0.3) is 11.1 Å². The highest BCUT2D eigenvalue weighted by atomic mass is 127. The summed E-state index contributed by atoms with van der Waals surface area (Å²) in [6, 6.07) is 16.6. The summed E-state index contributed by atoms with van der Waals surface area (Å²) in [4.78, 5) is 14.2. The van der Waals surface area contributed by atoms with Crippen molar-refractivity contribution in [1.82, 2.24) is 4.90 Å². The molecule has 1 aliphatic rings. The summed E-state index contributed by atoms with van der Waals surface area (Å²) in [5.41, 5.74) is 4.80. The monoisotopic (exact) mass is 947 g/mol. The second-order valence-corrected chi connectivity index (χ2v) is 14.6. The van der Waals surface area contributed by atoms with Gasteiger partial charge in [-0.3, -0.25) is 0 Å². The van der Waals surface area contributed by atoms with Crippen molar-refractivity contribution in [3.8, 4) is 11.1 Å². The lowest BCUT2D eigenvalue weighted by atomic mass is 9.98. The molecule has 2 aromatic carbocycles. The average molecular weight is 948 g/mol. The van der Waals surface area contributed by atoms with Crippen molar-refractivity contribution in [2.75, 3.05) is 170 Å². The lowest BCUT2D eigenvalue weighted by Crippen LogP contribution is -2.32. The van der Waals surface area contributed by atoms with E-state index in [0.29, 0.717) is 152 Å². The second-order valence-electron chi connectivity index (χ2n) is 13.6. The summed E-state index contributed by atoms with van der Waals surface area (Å²) in [5.74, 6) is 0.0385. The number of unbranched alkanes of at least 4 members (excludes halogenated alkanes) is 3. The molecule has 2 aromatic rings. The molecule has 0 radical (unpaired) electrons. The van der Waals surface area contributed by atoms with Gasteiger partial charge in [0.25, 0.3) is 0 Å². The number of hydrogen-bond donors (Lipinski definition) is 0. The van der Waals surface area contributed by atoms with Crippen molar-refractivity contribution >= 4 is 28.7 Å². The molecule has 0 saturated carbocycles. The summed E-state index contributed by atoms with van der Waals surface area (Å²) >= 11 is 2.42. The van der Waals surface area contributed by atoms with Crippen LogP contribution >= 0.6 is 22.6 Å². The molecule has 0 heterocycles. The number of halogens is 1. The number of nitrogens with zero attached hydrogens (tertiary/aromatic N) is 1. The SMILES string of the molecule is CN(CCOCCOCCOCCOCCOCCOCCOCCOCCOCCOCCOCCCCCCI)C(=O)OCC1c2ccccc2-c2ccccc21. The van der Waals surface area contributed by atoms with Gasteiger partial charge in [-0.2, -0.15) is 0 Å². The molecule has 14 nitrogen and oxygen atoms in total. The molecule has 0 atom stereocenters. The summed E-state index contributed by atoms with van der Waals surface area (Å²) in [7, 11) is 1.72. The Kier molecular flexibility index (Phi) is 31.9. The zero-order valence-electron chi connectivity index (χ0n) is 35.3. The Morgan fingerprint density at radius 2 is 0.780 bits per heavy atom. The van der Waals surface area contributed by atoms with Gasteiger partial charge in [-0.25, -0.2) is 4.79 Å². The molecule has 59 heavy (non-hydrogen) atoms. The summed E-state index contributed by atoms with van der Waals surface area (Å²) < 4.78 is 67.8. The highest BCUT2D eigenvalue weighted by Gasteiger charge is 2.29. The van der Waals surface area contributed by atoms with Gasteiger partial charge in [-0.1, -0.05) is 84.0 Å². The number of alkyl halides is 1. The minimum atomic E-state index is -0.363. The van der Waals surface area contributed by atoms with Crippen molar-refractivity contribution in [1.29, 1.82) is 0 Å². The first-order valence-corrected chi connectivity index (χ1v) is 22.7. The van der Waals surface area contributed by atoms with Crippen LogP contribution in [-0.2, 0) is 56.8 Å². The second kappa shape index (κ2) is 36.6. The Hall–Kier alpha value is -2.00. The fourth-order valence-corrected chi connectivity index (χ4v) is 6.49. The number of carbonyl (C=O) groups excluding carboxylic acids is 1. The number of fused-ring (bicyclic) bond motifs is 3. The molecule has 0 N–H and O–H groups in total. The van der Waals surface area contributed by atoms with E-state index in [1.165, 1.54) is 50.8 Å². The number of benzene rings is 2. The number of amides is 1. The normalized spacial score (nSPS) is 12.2. The molecular formula is C44H70INO13. The molecular weight excluding hydrogens is 877 g/mol. The predicted octanol–water partition coefficient (Wildman–Crippen LogP) is 6.05. The van der Waals surface area contributed by atoms with Crippen molar-refractivity contribution in [3.63, 3.8) is 0 Å². The average Bonchev–Trinajstić information content (AvgIpc) is 3.58. The molecule has 336 valence electrons. The Labute approximate surface area is 366 Å². The molecule has 3 rings (SSSR count). The zero-order valence-corrected chi connectivity index (χ0v) is 37.5. The van der Waals surface area contributed by atoms with Crippen LogP contribution in [0, 0.1) is 0 Å². The van der Waals surface area contributed by atoms with Gasteiger partial charge in [0, 0.05) is 26.1 Å². The maximum Gasteiger partial charge on any atom is 0.409 e. The maximum atomic E-state index is 12.6. The maximum absolute atomic E-state index is 12.6. The molecule has 0 unspecified atom stereocenters. The van der Waals surface area contributed by atoms with E-state index >= 15 is 0 Å². The van der Waals surface area contributed by atoms with E-state index in [-0.39, 0.29) is 12.0 Å². The van der Waals surface area contributed by atoms with E-state index < -0.39 is 0 Å². The van der Waals surface area contributed by atoms with E-state index in [1.807, 2.05) is 24.3 Å². The van der Waals surface area contributed by atoms with Gasteiger partial charge in [-0.15, -0.1) is 0 Å². The van der Waals surface area contributed by atoms with Crippen molar-refractivity contribution in [2.45, 2.75) is 31.6 Å². The van der Waals surface area contributed by atoms with Crippen LogP contribution in [0.4, 0.5) is 4.79 Å². The number of hydrogen-bond acceptors (Lipinski definition) is 13. The van der Waals surface area contributed by atoms with Crippen LogP contribution in [0.3, 0.4) is 0 Å². The fourth-order valence-electron chi connectivity index (χ4n) is 5.95.